The molecule has 2 heterocycles. The zero-order valence-electron chi connectivity index (χ0n) is 13.0. The lowest BCUT2D eigenvalue weighted by Gasteiger charge is -2.36. The monoisotopic (exact) mass is 282 g/mol. The Hall–Kier alpha value is -0.610. The molecule has 116 valence electrons. The minimum atomic E-state index is -0.211. The van der Waals surface area contributed by atoms with Gasteiger partial charge in [-0.1, -0.05) is 6.42 Å². The van der Waals surface area contributed by atoms with E-state index >= 15 is 0 Å². The second-order valence-electron chi connectivity index (χ2n) is 6.26. The fourth-order valence-corrected chi connectivity index (χ4v) is 3.57. The molecule has 1 N–H and O–H groups in total. The second-order valence-corrected chi connectivity index (χ2v) is 6.26. The smallest absolute Gasteiger partial charge is 0.312 e. The van der Waals surface area contributed by atoms with Gasteiger partial charge in [-0.2, -0.15) is 0 Å². The third kappa shape index (κ3) is 4.19. The van der Waals surface area contributed by atoms with Crippen LogP contribution >= 0.6 is 0 Å². The molecule has 0 aromatic rings. The zero-order valence-corrected chi connectivity index (χ0v) is 13.0. The Morgan fingerprint density at radius 3 is 2.55 bits per heavy atom. The van der Waals surface area contributed by atoms with E-state index in [9.17, 15) is 4.79 Å². The first-order chi connectivity index (χ1) is 9.77. The van der Waals surface area contributed by atoms with Crippen LogP contribution in [-0.2, 0) is 9.53 Å². The van der Waals surface area contributed by atoms with Gasteiger partial charge < -0.3 is 15.0 Å². The van der Waals surface area contributed by atoms with Crippen LogP contribution in [0.5, 0.6) is 0 Å². The Bertz CT molecular complexity index is 295. The summed E-state index contributed by atoms with van der Waals surface area (Å²) in [5.41, 5.74) is -0.211. The first kappa shape index (κ1) is 15.8. The molecule has 20 heavy (non-hydrogen) atoms. The van der Waals surface area contributed by atoms with Gasteiger partial charge in [-0.15, -0.1) is 0 Å². The molecule has 0 radical (unpaired) electrons. The highest BCUT2D eigenvalue weighted by Crippen LogP contribution is 2.35. The van der Waals surface area contributed by atoms with Gasteiger partial charge >= 0.3 is 5.97 Å². The molecular formula is C16H30N2O2. The average molecular weight is 282 g/mol. The van der Waals surface area contributed by atoms with Crippen molar-refractivity contribution in [1.82, 2.24) is 10.2 Å². The van der Waals surface area contributed by atoms with Crippen molar-refractivity contribution in [2.75, 3.05) is 39.3 Å². The molecule has 2 aliphatic heterocycles. The summed E-state index contributed by atoms with van der Waals surface area (Å²) in [4.78, 5) is 14.9. The highest BCUT2D eigenvalue weighted by Gasteiger charge is 2.40. The van der Waals surface area contributed by atoms with Crippen molar-refractivity contribution in [3.05, 3.63) is 0 Å². The number of carbonyl (C=O) groups is 1. The fourth-order valence-electron chi connectivity index (χ4n) is 3.57. The summed E-state index contributed by atoms with van der Waals surface area (Å²) in [6, 6.07) is 0. The van der Waals surface area contributed by atoms with Crippen molar-refractivity contribution < 1.29 is 9.53 Å². The van der Waals surface area contributed by atoms with Crippen LogP contribution in [0.4, 0.5) is 0 Å². The van der Waals surface area contributed by atoms with E-state index in [1.54, 1.807) is 0 Å². The van der Waals surface area contributed by atoms with E-state index in [0.717, 1.165) is 45.3 Å². The van der Waals surface area contributed by atoms with Gasteiger partial charge in [0.05, 0.1) is 12.0 Å². The Labute approximate surface area is 123 Å². The van der Waals surface area contributed by atoms with Gasteiger partial charge in [-0.3, -0.25) is 4.79 Å². The number of esters is 1. The molecule has 0 amide bonds. The summed E-state index contributed by atoms with van der Waals surface area (Å²) >= 11 is 0. The number of hydrogen-bond acceptors (Lipinski definition) is 4. The molecule has 0 unspecified atom stereocenters. The van der Waals surface area contributed by atoms with Crippen LogP contribution in [-0.4, -0.2) is 50.2 Å². The van der Waals surface area contributed by atoms with Crippen molar-refractivity contribution in [3.63, 3.8) is 0 Å². The van der Waals surface area contributed by atoms with Crippen molar-refractivity contribution in [2.24, 2.45) is 5.41 Å². The van der Waals surface area contributed by atoms with Gasteiger partial charge in [-0.25, -0.2) is 0 Å². The topological polar surface area (TPSA) is 41.6 Å². The van der Waals surface area contributed by atoms with Gasteiger partial charge in [0.25, 0.3) is 0 Å². The van der Waals surface area contributed by atoms with Crippen LogP contribution in [0.15, 0.2) is 0 Å². The SMILES string of the molecule is CCOC(=O)C1(CCCN2CCCCC2)CCNCC1. The lowest BCUT2D eigenvalue weighted by atomic mass is 9.75. The third-order valence-corrected chi connectivity index (χ3v) is 4.85. The van der Waals surface area contributed by atoms with Crippen molar-refractivity contribution in [2.45, 2.75) is 51.9 Å². The van der Waals surface area contributed by atoms with E-state index in [2.05, 4.69) is 10.2 Å². The number of nitrogens with one attached hydrogen (secondary N) is 1. The van der Waals surface area contributed by atoms with E-state index < -0.39 is 0 Å². The largest absolute Gasteiger partial charge is 0.466 e. The predicted molar refractivity (Wildman–Crippen MR) is 80.7 cm³/mol. The number of nitrogens with zero attached hydrogens (tertiary/aromatic N) is 1. The van der Waals surface area contributed by atoms with E-state index in [1.807, 2.05) is 6.92 Å². The molecule has 2 fully saturated rings. The summed E-state index contributed by atoms with van der Waals surface area (Å²) in [6.07, 6.45) is 8.05. The van der Waals surface area contributed by atoms with E-state index in [0.29, 0.717) is 6.61 Å². The van der Waals surface area contributed by atoms with Crippen molar-refractivity contribution in [1.29, 1.82) is 0 Å². The maximum Gasteiger partial charge on any atom is 0.312 e. The molecule has 0 bridgehead atoms. The molecule has 0 aliphatic carbocycles. The van der Waals surface area contributed by atoms with Crippen LogP contribution in [0.25, 0.3) is 0 Å². The van der Waals surface area contributed by atoms with Crippen LogP contribution in [0.1, 0.15) is 51.9 Å². The summed E-state index contributed by atoms with van der Waals surface area (Å²) in [6.45, 7) is 7.93. The zero-order chi connectivity index (χ0) is 14.3. The predicted octanol–water partition coefficient (Wildman–Crippen LogP) is 2.19. The number of carbonyl (C=O) groups excluding carboxylic acids is 1. The molecule has 2 rings (SSSR count). The molecule has 0 aromatic heterocycles. The van der Waals surface area contributed by atoms with Gasteiger partial charge in [0.1, 0.15) is 0 Å². The number of hydrogen-bond donors (Lipinski definition) is 1. The molecule has 2 saturated heterocycles. The van der Waals surface area contributed by atoms with Crippen molar-refractivity contribution in [3.8, 4) is 0 Å². The standard InChI is InChI=1S/C16H30N2O2/c1-2-20-15(19)16(8-10-17-11-9-16)7-6-14-18-12-4-3-5-13-18/h17H,2-14H2,1H3. The molecule has 0 saturated carbocycles. The number of piperidine rings is 2. The average Bonchev–Trinajstić information content (AvgIpc) is 2.49. The van der Waals surface area contributed by atoms with Crippen LogP contribution in [0.2, 0.25) is 0 Å². The minimum Gasteiger partial charge on any atom is -0.466 e. The summed E-state index contributed by atoms with van der Waals surface area (Å²) in [7, 11) is 0. The van der Waals surface area contributed by atoms with Gasteiger partial charge in [0.15, 0.2) is 0 Å². The second kappa shape index (κ2) is 7.99. The molecular weight excluding hydrogens is 252 g/mol. The first-order valence-corrected chi connectivity index (χ1v) is 8.37. The van der Waals surface area contributed by atoms with Gasteiger partial charge in [-0.05, 0) is 78.2 Å². The molecule has 0 spiro atoms. The maximum absolute atomic E-state index is 12.3. The maximum atomic E-state index is 12.3. The molecule has 2 aliphatic rings. The van der Waals surface area contributed by atoms with E-state index in [4.69, 9.17) is 4.74 Å². The molecule has 4 heteroatoms. The lowest BCUT2D eigenvalue weighted by molar-refractivity contribution is -0.158. The summed E-state index contributed by atoms with van der Waals surface area (Å²) < 4.78 is 5.35. The van der Waals surface area contributed by atoms with E-state index in [1.165, 1.54) is 32.4 Å². The summed E-state index contributed by atoms with van der Waals surface area (Å²) in [5.74, 6) is 0.0418. The van der Waals surface area contributed by atoms with Crippen LogP contribution in [0.3, 0.4) is 0 Å². The Morgan fingerprint density at radius 2 is 1.90 bits per heavy atom. The Morgan fingerprint density at radius 1 is 1.20 bits per heavy atom. The lowest BCUT2D eigenvalue weighted by Crippen LogP contribution is -2.43. The highest BCUT2D eigenvalue weighted by atomic mass is 16.5. The van der Waals surface area contributed by atoms with Gasteiger partial charge in [0.2, 0.25) is 0 Å². The minimum absolute atomic E-state index is 0.0418. The van der Waals surface area contributed by atoms with E-state index in [-0.39, 0.29) is 11.4 Å². The van der Waals surface area contributed by atoms with Gasteiger partial charge in [0, 0.05) is 0 Å². The number of rotatable bonds is 6. The number of likely N-dealkylation sites (tertiary alicyclic amines) is 1. The number of ether oxygens (including phenoxy) is 1. The third-order valence-electron chi connectivity index (χ3n) is 4.85. The highest BCUT2D eigenvalue weighted by molar-refractivity contribution is 5.77. The molecule has 0 atom stereocenters. The first-order valence-electron chi connectivity index (χ1n) is 8.37. The fraction of sp³-hybridized carbons (Fsp3) is 0.938. The van der Waals surface area contributed by atoms with Crippen LogP contribution < -0.4 is 5.32 Å². The normalized spacial score (nSPS) is 23.4. The Kier molecular flexibility index (Phi) is 6.30. The Balaban J connectivity index is 1.82. The molecule has 4 nitrogen and oxygen atoms in total. The molecule has 0 aromatic carbocycles. The summed E-state index contributed by atoms with van der Waals surface area (Å²) in [5, 5.41) is 3.36. The quantitative estimate of drug-likeness (QED) is 0.758. The van der Waals surface area contributed by atoms with Crippen LogP contribution in [0, 0.1) is 5.41 Å². The van der Waals surface area contributed by atoms with Crippen molar-refractivity contribution >= 4 is 5.97 Å².